The molecule has 0 amide bonds. The highest BCUT2D eigenvalue weighted by Gasteiger charge is 1.96. The van der Waals surface area contributed by atoms with Crippen LogP contribution in [0.3, 0.4) is 0 Å². The Hall–Kier alpha value is -1.12. The Morgan fingerprint density at radius 2 is 1.75 bits per heavy atom. The van der Waals surface area contributed by atoms with Gasteiger partial charge in [0.05, 0.1) is 0 Å². The largest absolute Gasteiger partial charge is 0.152 e. The Kier molecular flexibility index (Phi) is 4.14. The zero-order valence-corrected chi connectivity index (χ0v) is 10.9. The van der Waals surface area contributed by atoms with Gasteiger partial charge in [0.15, 0.2) is 0 Å². The van der Waals surface area contributed by atoms with Crippen LogP contribution in [0.4, 0.5) is 0 Å². The van der Waals surface area contributed by atoms with E-state index in [9.17, 15) is 0 Å². The van der Waals surface area contributed by atoms with Crippen LogP contribution in [0.15, 0.2) is 53.2 Å². The molecule has 2 heteroatoms. The first-order valence-electron chi connectivity index (χ1n) is 5.35. The lowest BCUT2D eigenvalue weighted by molar-refractivity contribution is 1.19. The van der Waals surface area contributed by atoms with Gasteiger partial charge in [-0.3, -0.25) is 0 Å². The van der Waals surface area contributed by atoms with Gasteiger partial charge in [-0.1, -0.05) is 37.3 Å². The fourth-order valence-corrected chi connectivity index (χ4v) is 2.90. The molecule has 0 saturated carbocycles. The second-order valence-electron chi connectivity index (χ2n) is 3.40. The summed E-state index contributed by atoms with van der Waals surface area (Å²) >= 11 is 3.61. The van der Waals surface area contributed by atoms with Gasteiger partial charge >= 0.3 is 0 Å². The maximum Gasteiger partial charge on any atom is 0.0345 e. The second kappa shape index (κ2) is 5.83. The average molecular weight is 246 g/mol. The lowest BCUT2D eigenvalue weighted by Crippen LogP contribution is -1.64. The summed E-state index contributed by atoms with van der Waals surface area (Å²) < 4.78 is 1.41. The van der Waals surface area contributed by atoms with Crippen LogP contribution >= 0.6 is 22.7 Å². The average Bonchev–Trinajstić information content (AvgIpc) is 3.01. The molecule has 0 bridgehead atoms. The Bertz CT molecular complexity index is 470. The summed E-state index contributed by atoms with van der Waals surface area (Å²) in [6.07, 6.45) is 1.15. The highest BCUT2D eigenvalue weighted by atomic mass is 32.1. The minimum Gasteiger partial charge on any atom is -0.152 e. The molecule has 0 nitrogen and oxygen atoms in total. The van der Waals surface area contributed by atoms with Gasteiger partial charge in [-0.15, -0.1) is 11.3 Å². The molecule has 0 fully saturated rings. The van der Waals surface area contributed by atoms with Crippen LogP contribution in [-0.2, 0) is 6.42 Å². The molecule has 0 aliphatic carbocycles. The lowest BCUT2D eigenvalue weighted by Gasteiger charge is -1.82. The second-order valence-corrected chi connectivity index (χ2v) is 5.38. The third-order valence-corrected chi connectivity index (χ3v) is 4.14. The van der Waals surface area contributed by atoms with Crippen LogP contribution in [0.2, 0.25) is 0 Å². The number of rotatable bonds is 1. The molecular weight excluding hydrogens is 232 g/mol. The first kappa shape index (κ1) is 11.4. The Morgan fingerprint density at radius 1 is 1.00 bits per heavy atom. The maximum atomic E-state index is 2.28. The molecule has 16 heavy (non-hydrogen) atoms. The maximum absolute atomic E-state index is 2.28. The smallest absolute Gasteiger partial charge is 0.0345 e. The predicted octanol–water partition coefficient (Wildman–Crippen LogP) is 5.21. The summed E-state index contributed by atoms with van der Waals surface area (Å²) in [5.74, 6) is 0. The molecule has 3 aromatic rings. The van der Waals surface area contributed by atoms with E-state index in [2.05, 4.69) is 37.3 Å². The van der Waals surface area contributed by atoms with Gasteiger partial charge in [0.2, 0.25) is 0 Å². The van der Waals surface area contributed by atoms with Crippen molar-refractivity contribution >= 4 is 32.8 Å². The van der Waals surface area contributed by atoms with Crippen molar-refractivity contribution in [2.75, 3.05) is 0 Å². The molecule has 0 saturated heterocycles. The number of thiophene rings is 2. The normalized spacial score (nSPS) is 9.81. The first-order valence-corrected chi connectivity index (χ1v) is 7.10. The van der Waals surface area contributed by atoms with Crippen molar-refractivity contribution in [2.24, 2.45) is 0 Å². The summed E-state index contributed by atoms with van der Waals surface area (Å²) in [6.45, 7) is 2.20. The van der Waals surface area contributed by atoms with Crippen LogP contribution in [0.5, 0.6) is 0 Å². The third kappa shape index (κ3) is 2.94. The summed E-state index contributed by atoms with van der Waals surface area (Å²) in [4.78, 5) is 1.48. The fraction of sp³-hybridized carbons (Fsp3) is 0.143. The summed E-state index contributed by atoms with van der Waals surface area (Å²) in [7, 11) is 0. The van der Waals surface area contributed by atoms with Gasteiger partial charge in [0.25, 0.3) is 0 Å². The van der Waals surface area contributed by atoms with Crippen molar-refractivity contribution in [2.45, 2.75) is 13.3 Å². The topological polar surface area (TPSA) is 0 Å². The number of hydrogen-bond donors (Lipinski definition) is 0. The lowest BCUT2D eigenvalue weighted by atomic mass is 10.2. The zero-order valence-electron chi connectivity index (χ0n) is 9.22. The third-order valence-electron chi connectivity index (χ3n) is 2.25. The van der Waals surface area contributed by atoms with E-state index in [1.165, 1.54) is 15.0 Å². The van der Waals surface area contributed by atoms with E-state index in [0.29, 0.717) is 0 Å². The molecule has 3 rings (SSSR count). The Labute approximate surface area is 104 Å². The van der Waals surface area contributed by atoms with Crippen molar-refractivity contribution in [1.29, 1.82) is 0 Å². The minimum atomic E-state index is 1.15. The van der Waals surface area contributed by atoms with Crippen LogP contribution in [0, 0.1) is 0 Å². The summed E-state index contributed by atoms with van der Waals surface area (Å²) in [5, 5.41) is 5.47. The van der Waals surface area contributed by atoms with E-state index in [-0.39, 0.29) is 0 Å². The van der Waals surface area contributed by atoms with Crippen LogP contribution in [0.25, 0.3) is 10.1 Å². The van der Waals surface area contributed by atoms with Crippen LogP contribution in [-0.4, -0.2) is 0 Å². The summed E-state index contributed by atoms with van der Waals surface area (Å²) in [6, 6.07) is 14.9. The standard InChI is InChI=1S/C10H10S.C4H4S/c1-2-9-7-8-5-3-4-6-10(8)11-9;1-2-4-5-3-1/h3-7H,2H2,1H3;1-4H. The van der Waals surface area contributed by atoms with Crippen molar-refractivity contribution in [3.05, 3.63) is 58.1 Å². The zero-order chi connectivity index (χ0) is 11.2. The number of fused-ring (bicyclic) bond motifs is 1. The summed E-state index contributed by atoms with van der Waals surface area (Å²) in [5.41, 5.74) is 0. The van der Waals surface area contributed by atoms with E-state index in [1.807, 2.05) is 34.2 Å². The van der Waals surface area contributed by atoms with E-state index >= 15 is 0 Å². The molecule has 2 heterocycles. The van der Waals surface area contributed by atoms with Crippen molar-refractivity contribution < 1.29 is 0 Å². The molecule has 0 unspecified atom stereocenters. The predicted molar refractivity (Wildman–Crippen MR) is 75.5 cm³/mol. The Balaban J connectivity index is 0.000000162. The van der Waals surface area contributed by atoms with E-state index in [0.717, 1.165) is 6.42 Å². The van der Waals surface area contributed by atoms with Crippen molar-refractivity contribution in [3.63, 3.8) is 0 Å². The molecule has 0 spiro atoms. The quantitative estimate of drug-likeness (QED) is 0.553. The van der Waals surface area contributed by atoms with Gasteiger partial charge in [0, 0.05) is 9.58 Å². The van der Waals surface area contributed by atoms with Gasteiger partial charge in [-0.25, -0.2) is 0 Å². The SMILES string of the molecule is CCc1cc2ccccc2s1.c1ccsc1. The molecular formula is C14H14S2. The molecule has 0 atom stereocenters. The van der Waals surface area contributed by atoms with E-state index < -0.39 is 0 Å². The van der Waals surface area contributed by atoms with Gasteiger partial charge in [-0.2, -0.15) is 11.3 Å². The van der Waals surface area contributed by atoms with E-state index in [4.69, 9.17) is 0 Å². The molecule has 0 aliphatic rings. The van der Waals surface area contributed by atoms with Crippen LogP contribution in [0.1, 0.15) is 11.8 Å². The van der Waals surface area contributed by atoms with Crippen molar-refractivity contribution in [3.8, 4) is 0 Å². The van der Waals surface area contributed by atoms with Crippen molar-refractivity contribution in [1.82, 2.24) is 0 Å². The highest BCUT2D eigenvalue weighted by Crippen LogP contribution is 2.25. The van der Waals surface area contributed by atoms with Gasteiger partial charge in [-0.05, 0) is 34.7 Å². The molecule has 1 aromatic carbocycles. The number of hydrogen-bond acceptors (Lipinski definition) is 2. The molecule has 0 aliphatic heterocycles. The van der Waals surface area contributed by atoms with E-state index in [1.54, 1.807) is 11.3 Å². The first-order chi connectivity index (χ1) is 7.90. The molecule has 2 aromatic heterocycles. The molecule has 0 N–H and O–H groups in total. The monoisotopic (exact) mass is 246 g/mol. The number of benzene rings is 1. The number of aryl methyl sites for hydroxylation is 1. The minimum absolute atomic E-state index is 1.15. The fourth-order valence-electron chi connectivity index (χ4n) is 1.44. The Morgan fingerprint density at radius 3 is 2.31 bits per heavy atom. The van der Waals surface area contributed by atoms with Crippen LogP contribution < -0.4 is 0 Å². The molecule has 0 radical (unpaired) electrons. The van der Waals surface area contributed by atoms with Gasteiger partial charge in [0.1, 0.15) is 0 Å². The highest BCUT2D eigenvalue weighted by molar-refractivity contribution is 7.19. The van der Waals surface area contributed by atoms with Gasteiger partial charge < -0.3 is 0 Å². The molecule has 82 valence electrons.